The molecule has 2 heterocycles. The van der Waals surface area contributed by atoms with Crippen molar-refractivity contribution < 1.29 is 19.1 Å². The number of esters is 2. The zero-order valence-electron chi connectivity index (χ0n) is 26.2. The number of cyclic esters (lactones) is 2. The molecule has 0 saturated carbocycles. The molecule has 2 aliphatic heterocycles. The van der Waals surface area contributed by atoms with E-state index in [0.29, 0.717) is 32.9 Å². The van der Waals surface area contributed by atoms with E-state index < -0.39 is 5.41 Å². The van der Waals surface area contributed by atoms with Gasteiger partial charge in [0, 0.05) is 31.9 Å². The van der Waals surface area contributed by atoms with Crippen LogP contribution in [0.2, 0.25) is 20.1 Å². The van der Waals surface area contributed by atoms with E-state index in [1.807, 2.05) is 111 Å². The number of hydrogen-bond acceptors (Lipinski definition) is 4. The summed E-state index contributed by atoms with van der Waals surface area (Å²) in [6, 6.07) is 30.4. The Labute approximate surface area is 296 Å². The van der Waals surface area contributed by atoms with Gasteiger partial charge in [-0.15, -0.1) is 6.58 Å². The lowest BCUT2D eigenvalue weighted by Crippen LogP contribution is -2.39. The van der Waals surface area contributed by atoms with Crippen LogP contribution in [0, 0.1) is 11.3 Å². The third-order valence-electron chi connectivity index (χ3n) is 8.93. The molecule has 0 amide bonds. The second-order valence-electron chi connectivity index (χ2n) is 12.5. The first-order valence-corrected chi connectivity index (χ1v) is 17.0. The van der Waals surface area contributed by atoms with E-state index in [9.17, 15) is 9.59 Å². The van der Waals surface area contributed by atoms with Crippen molar-refractivity contribution in [3.8, 4) is 0 Å². The third-order valence-corrected chi connectivity index (χ3v) is 9.90. The van der Waals surface area contributed by atoms with Gasteiger partial charge in [-0.05, 0) is 97.0 Å². The van der Waals surface area contributed by atoms with Gasteiger partial charge in [0.05, 0.1) is 11.3 Å². The van der Waals surface area contributed by atoms with Gasteiger partial charge in [-0.1, -0.05) is 108 Å². The van der Waals surface area contributed by atoms with Crippen LogP contribution in [0.5, 0.6) is 0 Å². The average Bonchev–Trinajstić information content (AvgIpc) is 3.05. The zero-order valence-corrected chi connectivity index (χ0v) is 29.2. The topological polar surface area (TPSA) is 52.6 Å². The lowest BCUT2D eigenvalue weighted by atomic mass is 9.71. The number of rotatable bonds is 6. The summed E-state index contributed by atoms with van der Waals surface area (Å²) in [5.74, 6) is -0.355. The monoisotopic (exact) mass is 708 g/mol. The highest BCUT2D eigenvalue weighted by molar-refractivity contribution is 6.31. The predicted octanol–water partition coefficient (Wildman–Crippen LogP) is 11.7. The van der Waals surface area contributed by atoms with Crippen LogP contribution in [0.4, 0.5) is 0 Å². The molecule has 47 heavy (non-hydrogen) atoms. The van der Waals surface area contributed by atoms with E-state index in [1.54, 1.807) is 6.08 Å². The van der Waals surface area contributed by atoms with E-state index >= 15 is 0 Å². The maximum atomic E-state index is 12.7. The van der Waals surface area contributed by atoms with Crippen LogP contribution in [-0.4, -0.2) is 11.9 Å². The number of allylic oxidation sites excluding steroid dienone is 1. The Morgan fingerprint density at radius 3 is 1.68 bits per heavy atom. The average molecular weight is 711 g/mol. The summed E-state index contributed by atoms with van der Waals surface area (Å²) in [4.78, 5) is 24.7. The molecule has 0 radical (unpaired) electrons. The van der Waals surface area contributed by atoms with Crippen molar-refractivity contribution in [2.45, 2.75) is 57.2 Å². The van der Waals surface area contributed by atoms with Crippen LogP contribution in [0.15, 0.2) is 110 Å². The molecule has 3 unspecified atom stereocenters. The van der Waals surface area contributed by atoms with Crippen molar-refractivity contribution in [3.63, 3.8) is 0 Å². The lowest BCUT2D eigenvalue weighted by molar-refractivity contribution is -0.171. The maximum absolute atomic E-state index is 12.7. The van der Waals surface area contributed by atoms with Gasteiger partial charge >= 0.3 is 11.9 Å². The molecule has 2 aliphatic rings. The van der Waals surface area contributed by atoms with Crippen LogP contribution >= 0.6 is 46.4 Å². The molecule has 0 spiro atoms. The fourth-order valence-corrected chi connectivity index (χ4v) is 7.06. The molecule has 6 rings (SSSR count). The minimum Gasteiger partial charge on any atom is -0.457 e. The molecular weight excluding hydrogens is 674 g/mol. The summed E-state index contributed by atoms with van der Waals surface area (Å²) in [5, 5.41) is 2.69. The first kappa shape index (κ1) is 35.0. The second-order valence-corrected chi connectivity index (χ2v) is 14.2. The summed E-state index contributed by atoms with van der Waals surface area (Å²) in [6.07, 6.45) is 3.10. The first-order chi connectivity index (χ1) is 22.5. The van der Waals surface area contributed by atoms with Crippen molar-refractivity contribution in [2.75, 3.05) is 0 Å². The summed E-state index contributed by atoms with van der Waals surface area (Å²) >= 11 is 24.3. The number of benzene rings is 4. The van der Waals surface area contributed by atoms with Gasteiger partial charge in [0.25, 0.3) is 0 Å². The van der Waals surface area contributed by atoms with E-state index in [1.165, 1.54) is 0 Å². The molecule has 4 aromatic carbocycles. The van der Waals surface area contributed by atoms with Crippen molar-refractivity contribution in [1.29, 1.82) is 0 Å². The Morgan fingerprint density at radius 1 is 0.702 bits per heavy atom. The van der Waals surface area contributed by atoms with E-state index in [0.717, 1.165) is 28.7 Å². The molecule has 8 heteroatoms. The maximum Gasteiger partial charge on any atom is 0.312 e. The van der Waals surface area contributed by atoms with Gasteiger partial charge in [0.1, 0.15) is 12.2 Å². The van der Waals surface area contributed by atoms with E-state index in [2.05, 4.69) is 6.58 Å². The van der Waals surface area contributed by atoms with Crippen molar-refractivity contribution >= 4 is 58.3 Å². The quantitative estimate of drug-likeness (QED) is 0.148. The third kappa shape index (κ3) is 8.42. The molecule has 2 saturated heterocycles. The van der Waals surface area contributed by atoms with Gasteiger partial charge in [-0.25, -0.2) is 0 Å². The van der Waals surface area contributed by atoms with Crippen molar-refractivity contribution in [3.05, 3.63) is 152 Å². The number of carbonyl (C=O) groups is 2. The predicted molar refractivity (Wildman–Crippen MR) is 190 cm³/mol. The molecule has 4 aromatic rings. The minimum absolute atomic E-state index is 0.0162. The minimum atomic E-state index is -0.586. The lowest BCUT2D eigenvalue weighted by Gasteiger charge is -2.41. The first-order valence-electron chi connectivity index (χ1n) is 15.5. The van der Waals surface area contributed by atoms with Crippen LogP contribution < -0.4 is 0 Å². The van der Waals surface area contributed by atoms with Crippen molar-refractivity contribution in [1.82, 2.24) is 0 Å². The van der Waals surface area contributed by atoms with Crippen LogP contribution in [0.1, 0.15) is 79.4 Å². The molecule has 4 nitrogen and oxygen atoms in total. The van der Waals surface area contributed by atoms with Gasteiger partial charge in [-0.3, -0.25) is 9.59 Å². The standard InChI is InChI=1S/C21H20Cl2O2.C18H16Cl2O2/c1-3-11-21(2)13-18(15-5-4-6-17(23)12-15)19(25-20(21)24)14-7-9-16(22)10-8-14;1-11-9-16(13-3-2-4-15(20)10-13)17(22-18(11)21)12-5-7-14(19)8-6-12/h3-10,12,18-19H,1,11,13H2,2H3;2-8,10-11,16-17H,9H2,1H3/t18-,19+,21+;/m1./s1. The molecule has 0 bridgehead atoms. The Morgan fingerprint density at radius 2 is 1.19 bits per heavy atom. The van der Waals surface area contributed by atoms with Gasteiger partial charge in [0.15, 0.2) is 0 Å². The van der Waals surface area contributed by atoms with E-state index in [-0.39, 0.29) is 41.9 Å². The Balaban J connectivity index is 0.000000186. The van der Waals surface area contributed by atoms with Crippen LogP contribution in [-0.2, 0) is 19.1 Å². The zero-order chi connectivity index (χ0) is 33.7. The Hall–Kier alpha value is -3.28. The highest BCUT2D eigenvalue weighted by Crippen LogP contribution is 2.50. The number of ether oxygens (including phenoxy) is 2. The Bertz CT molecular complexity index is 1720. The molecule has 0 N–H and O–H groups in total. The molecule has 0 aromatic heterocycles. The summed E-state index contributed by atoms with van der Waals surface area (Å²) in [5.41, 5.74) is 3.46. The molecule has 2 fully saturated rings. The van der Waals surface area contributed by atoms with Crippen molar-refractivity contribution in [2.24, 2.45) is 11.3 Å². The largest absolute Gasteiger partial charge is 0.457 e. The fourth-order valence-electron chi connectivity index (χ4n) is 6.41. The molecule has 0 aliphatic carbocycles. The van der Waals surface area contributed by atoms with Crippen LogP contribution in [0.25, 0.3) is 0 Å². The second kappa shape index (κ2) is 15.3. The normalized spacial score (nSPS) is 25.5. The number of carbonyl (C=O) groups excluding carboxylic acids is 2. The fraction of sp³-hybridized carbons (Fsp3) is 0.282. The van der Waals surface area contributed by atoms with E-state index in [4.69, 9.17) is 55.9 Å². The van der Waals surface area contributed by atoms with Crippen LogP contribution in [0.3, 0.4) is 0 Å². The number of halogens is 4. The summed E-state index contributed by atoms with van der Waals surface area (Å²) in [6.45, 7) is 7.63. The summed E-state index contributed by atoms with van der Waals surface area (Å²) in [7, 11) is 0. The molecular formula is C39H36Cl4O4. The molecule has 244 valence electrons. The van der Waals surface area contributed by atoms with Gasteiger partial charge in [0.2, 0.25) is 0 Å². The molecule has 6 atom stereocenters. The van der Waals surface area contributed by atoms with Gasteiger partial charge < -0.3 is 9.47 Å². The highest BCUT2D eigenvalue weighted by atomic mass is 35.5. The summed E-state index contributed by atoms with van der Waals surface area (Å²) < 4.78 is 11.6. The Kier molecular flexibility index (Phi) is 11.4. The highest BCUT2D eigenvalue weighted by Gasteiger charge is 2.46. The number of hydrogen-bond donors (Lipinski definition) is 0. The smallest absolute Gasteiger partial charge is 0.312 e. The SMILES string of the molecule is C=CC[C@@]1(C)C[C@H](c2cccc(Cl)c2)[C@H](c2ccc(Cl)cc2)OC1=O.CC1CC(c2cccc(Cl)c2)C(c2ccc(Cl)cc2)OC1=O. The van der Waals surface area contributed by atoms with Gasteiger partial charge in [-0.2, -0.15) is 0 Å².